The number of anilines is 1. The van der Waals surface area contributed by atoms with E-state index in [1.54, 1.807) is 13.2 Å². The molecule has 0 aliphatic heterocycles. The summed E-state index contributed by atoms with van der Waals surface area (Å²) in [6, 6.07) is 5.54. The van der Waals surface area contributed by atoms with Gasteiger partial charge in [-0.25, -0.2) is 15.8 Å². The molecule has 5 nitrogen and oxygen atoms in total. The van der Waals surface area contributed by atoms with E-state index in [2.05, 4.69) is 9.97 Å². The number of nitrogens with zero attached hydrogens (tertiary/aromatic N) is 3. The number of aromatic nitrogens is 2. The van der Waals surface area contributed by atoms with Gasteiger partial charge in [-0.05, 0) is 19.1 Å². The van der Waals surface area contributed by atoms with Crippen molar-refractivity contribution in [3.63, 3.8) is 0 Å². The molecule has 2 N–H and O–H groups in total. The number of hydrogen-bond donors (Lipinski definition) is 1. The quantitative estimate of drug-likeness (QED) is 0.687. The van der Waals surface area contributed by atoms with Gasteiger partial charge in [0.15, 0.2) is 5.75 Å². The van der Waals surface area contributed by atoms with Crippen molar-refractivity contribution in [1.29, 1.82) is 0 Å². The molecule has 0 atom stereocenters. The Morgan fingerprint density at radius 3 is 2.89 bits per heavy atom. The van der Waals surface area contributed by atoms with E-state index in [0.29, 0.717) is 17.4 Å². The number of benzene rings is 1. The minimum Gasteiger partial charge on any atom is -0.485 e. The molecule has 2 rings (SSSR count). The molecule has 0 unspecified atom stereocenters. The Morgan fingerprint density at radius 1 is 1.42 bits per heavy atom. The largest absolute Gasteiger partial charge is 0.485 e. The third-order valence-electron chi connectivity index (χ3n) is 2.71. The number of halogens is 1. The van der Waals surface area contributed by atoms with Crippen LogP contribution in [0.5, 0.6) is 5.75 Å². The lowest BCUT2D eigenvalue weighted by atomic mass is 10.2. The molecule has 1 aromatic carbocycles. The molecule has 1 heterocycles. The van der Waals surface area contributed by atoms with Gasteiger partial charge in [0.2, 0.25) is 0 Å². The maximum atomic E-state index is 6.19. The van der Waals surface area contributed by atoms with Gasteiger partial charge < -0.3 is 9.75 Å². The molecule has 0 bridgehead atoms. The first-order valence-electron chi connectivity index (χ1n) is 5.75. The van der Waals surface area contributed by atoms with Crippen molar-refractivity contribution in [3.05, 3.63) is 47.0 Å². The summed E-state index contributed by atoms with van der Waals surface area (Å²) in [5.74, 6) is 6.41. The number of ether oxygens (including phenoxy) is 1. The van der Waals surface area contributed by atoms with Gasteiger partial charge in [-0.2, -0.15) is 0 Å². The summed E-state index contributed by atoms with van der Waals surface area (Å²) in [5, 5.41) is 2.13. The normalized spacial score (nSPS) is 10.3. The van der Waals surface area contributed by atoms with E-state index in [1.165, 1.54) is 11.3 Å². The van der Waals surface area contributed by atoms with E-state index in [0.717, 1.165) is 16.9 Å². The van der Waals surface area contributed by atoms with Crippen LogP contribution < -0.4 is 15.6 Å². The lowest BCUT2D eigenvalue weighted by Crippen LogP contribution is -2.26. The van der Waals surface area contributed by atoms with Crippen molar-refractivity contribution in [2.75, 3.05) is 12.1 Å². The van der Waals surface area contributed by atoms with Crippen LogP contribution in [0.2, 0.25) is 5.02 Å². The predicted octanol–water partition coefficient (Wildman–Crippen LogP) is 2.33. The van der Waals surface area contributed by atoms with Crippen molar-refractivity contribution >= 4 is 17.3 Å². The van der Waals surface area contributed by atoms with Gasteiger partial charge in [0.25, 0.3) is 0 Å². The second-order valence-electron chi connectivity index (χ2n) is 4.11. The van der Waals surface area contributed by atoms with Crippen LogP contribution in [0.15, 0.2) is 30.7 Å². The number of hydrazine groups is 1. The Kier molecular flexibility index (Phi) is 4.19. The number of aryl methyl sites for hydroxylation is 1. The molecular formula is C13H15ClN4O. The Balaban J connectivity index is 2.22. The average molecular weight is 279 g/mol. The molecule has 0 amide bonds. The summed E-state index contributed by atoms with van der Waals surface area (Å²) in [6.07, 6.45) is 3.11. The maximum absolute atomic E-state index is 6.19. The second kappa shape index (κ2) is 5.86. The summed E-state index contributed by atoms with van der Waals surface area (Å²) >= 11 is 6.19. The van der Waals surface area contributed by atoms with Crippen LogP contribution in [0.4, 0.5) is 5.69 Å². The zero-order valence-electron chi connectivity index (χ0n) is 10.8. The van der Waals surface area contributed by atoms with Crippen LogP contribution in [0, 0.1) is 6.92 Å². The van der Waals surface area contributed by atoms with E-state index in [1.807, 2.05) is 25.1 Å². The zero-order valence-corrected chi connectivity index (χ0v) is 11.6. The molecule has 19 heavy (non-hydrogen) atoms. The highest BCUT2D eigenvalue weighted by Crippen LogP contribution is 2.27. The predicted molar refractivity (Wildman–Crippen MR) is 75.1 cm³/mol. The highest BCUT2D eigenvalue weighted by atomic mass is 35.5. The van der Waals surface area contributed by atoms with E-state index < -0.39 is 0 Å². The van der Waals surface area contributed by atoms with Crippen molar-refractivity contribution in [2.45, 2.75) is 13.5 Å². The van der Waals surface area contributed by atoms with Crippen LogP contribution in [0.25, 0.3) is 0 Å². The minimum absolute atomic E-state index is 0.310. The van der Waals surface area contributed by atoms with Gasteiger partial charge in [0.1, 0.15) is 12.9 Å². The highest BCUT2D eigenvalue weighted by Gasteiger charge is 2.10. The van der Waals surface area contributed by atoms with Gasteiger partial charge in [0.05, 0.1) is 17.6 Å². The monoisotopic (exact) mass is 278 g/mol. The number of hydrogen-bond acceptors (Lipinski definition) is 5. The highest BCUT2D eigenvalue weighted by molar-refractivity contribution is 6.31. The zero-order chi connectivity index (χ0) is 13.8. The summed E-state index contributed by atoms with van der Waals surface area (Å²) in [5.41, 5.74) is 2.43. The SMILES string of the molecule is Cc1ncncc1OCc1c(Cl)cccc1N(C)N. The molecule has 0 spiro atoms. The number of nitrogens with two attached hydrogens (primary N) is 1. The fraction of sp³-hybridized carbons (Fsp3) is 0.231. The van der Waals surface area contributed by atoms with Crippen molar-refractivity contribution in [3.8, 4) is 5.75 Å². The van der Waals surface area contributed by atoms with Crippen molar-refractivity contribution < 1.29 is 4.74 Å². The van der Waals surface area contributed by atoms with Crippen LogP contribution in [0.3, 0.4) is 0 Å². The third kappa shape index (κ3) is 3.13. The van der Waals surface area contributed by atoms with Crippen LogP contribution in [0.1, 0.15) is 11.3 Å². The first-order chi connectivity index (χ1) is 9.09. The molecule has 0 radical (unpaired) electrons. The molecule has 100 valence electrons. The Bertz CT molecular complexity index is 574. The van der Waals surface area contributed by atoms with Crippen molar-refractivity contribution in [2.24, 2.45) is 5.84 Å². The van der Waals surface area contributed by atoms with Gasteiger partial charge in [-0.15, -0.1) is 0 Å². The molecule has 0 fully saturated rings. The van der Waals surface area contributed by atoms with Crippen LogP contribution in [-0.4, -0.2) is 17.0 Å². The Hall–Kier alpha value is -1.85. The molecule has 2 aromatic rings. The van der Waals surface area contributed by atoms with E-state index >= 15 is 0 Å². The molecule has 0 saturated heterocycles. The molecule has 6 heteroatoms. The topological polar surface area (TPSA) is 64.3 Å². The fourth-order valence-electron chi connectivity index (χ4n) is 1.69. The Morgan fingerprint density at radius 2 is 2.21 bits per heavy atom. The molecular weight excluding hydrogens is 264 g/mol. The summed E-state index contributed by atoms with van der Waals surface area (Å²) < 4.78 is 5.70. The lowest BCUT2D eigenvalue weighted by molar-refractivity contribution is 0.301. The average Bonchev–Trinajstić information content (AvgIpc) is 2.38. The minimum atomic E-state index is 0.310. The lowest BCUT2D eigenvalue weighted by Gasteiger charge is -2.18. The van der Waals surface area contributed by atoms with Gasteiger partial charge in [0, 0.05) is 17.6 Å². The molecule has 0 aliphatic carbocycles. The summed E-state index contributed by atoms with van der Waals surface area (Å²) in [4.78, 5) is 8.00. The van der Waals surface area contributed by atoms with Crippen molar-refractivity contribution in [1.82, 2.24) is 9.97 Å². The molecule has 0 saturated carbocycles. The van der Waals surface area contributed by atoms with E-state index in [4.69, 9.17) is 22.2 Å². The van der Waals surface area contributed by atoms with Crippen LogP contribution in [-0.2, 0) is 6.61 Å². The molecule has 1 aromatic heterocycles. The van der Waals surface area contributed by atoms with E-state index in [9.17, 15) is 0 Å². The summed E-state index contributed by atoms with van der Waals surface area (Å²) in [7, 11) is 1.76. The molecule has 0 aliphatic rings. The standard InChI is InChI=1S/C13H15ClN4O/c1-9-13(6-16-8-17-9)19-7-10-11(14)4-3-5-12(10)18(2)15/h3-6,8H,7,15H2,1-2H3. The smallest absolute Gasteiger partial charge is 0.159 e. The van der Waals surface area contributed by atoms with Gasteiger partial charge in [-0.3, -0.25) is 0 Å². The van der Waals surface area contributed by atoms with Crippen LogP contribution >= 0.6 is 11.6 Å². The van der Waals surface area contributed by atoms with E-state index in [-0.39, 0.29) is 0 Å². The third-order valence-corrected chi connectivity index (χ3v) is 3.07. The first kappa shape index (κ1) is 13.6. The second-order valence-corrected chi connectivity index (χ2v) is 4.52. The van der Waals surface area contributed by atoms with Gasteiger partial charge in [-0.1, -0.05) is 17.7 Å². The van der Waals surface area contributed by atoms with Gasteiger partial charge >= 0.3 is 0 Å². The Labute approximate surface area is 117 Å². The number of rotatable bonds is 4. The maximum Gasteiger partial charge on any atom is 0.159 e. The summed E-state index contributed by atoms with van der Waals surface area (Å²) in [6.45, 7) is 2.17. The first-order valence-corrected chi connectivity index (χ1v) is 6.12. The fourth-order valence-corrected chi connectivity index (χ4v) is 1.91.